The second-order valence-corrected chi connectivity index (χ2v) is 7.86. The highest BCUT2D eigenvalue weighted by atomic mass is 35.5. The number of alkyl halides is 3. The van der Waals surface area contributed by atoms with Gasteiger partial charge in [0.2, 0.25) is 0 Å². The number of aromatic nitrogens is 5. The van der Waals surface area contributed by atoms with Crippen LogP contribution in [0.1, 0.15) is 21.8 Å². The van der Waals surface area contributed by atoms with E-state index >= 15 is 0 Å². The second kappa shape index (κ2) is 7.23. The van der Waals surface area contributed by atoms with Crippen LogP contribution >= 0.6 is 22.9 Å². The van der Waals surface area contributed by atoms with Crippen LogP contribution in [-0.4, -0.2) is 24.1 Å². The molecule has 0 aromatic carbocycles. The maximum Gasteiger partial charge on any atom is 0.435 e. The Morgan fingerprint density at radius 1 is 1.27 bits per heavy atom. The van der Waals surface area contributed by atoms with Crippen LogP contribution < -0.4 is 5.56 Å². The predicted molar refractivity (Wildman–Crippen MR) is 103 cm³/mol. The van der Waals surface area contributed by atoms with Gasteiger partial charge in [-0.1, -0.05) is 11.6 Å². The fourth-order valence-electron chi connectivity index (χ4n) is 2.96. The van der Waals surface area contributed by atoms with Crippen molar-refractivity contribution in [2.75, 3.05) is 0 Å². The molecule has 7 nitrogen and oxygen atoms in total. The Balaban J connectivity index is 1.79. The van der Waals surface area contributed by atoms with E-state index in [0.717, 1.165) is 15.6 Å². The first-order valence-corrected chi connectivity index (χ1v) is 9.55. The zero-order chi connectivity index (χ0) is 21.6. The van der Waals surface area contributed by atoms with E-state index in [-0.39, 0.29) is 17.4 Å². The van der Waals surface area contributed by atoms with Gasteiger partial charge in [0.15, 0.2) is 10.7 Å². The van der Waals surface area contributed by atoms with Crippen LogP contribution in [0.2, 0.25) is 5.15 Å². The Morgan fingerprint density at radius 2 is 2.03 bits per heavy atom. The van der Waals surface area contributed by atoms with Crippen molar-refractivity contribution in [1.29, 1.82) is 5.26 Å². The molecule has 0 bridgehead atoms. The lowest BCUT2D eigenvalue weighted by Gasteiger charge is -2.06. The molecule has 4 aromatic rings. The van der Waals surface area contributed by atoms with Gasteiger partial charge in [-0.25, -0.2) is 9.67 Å². The zero-order valence-electron chi connectivity index (χ0n) is 15.1. The number of hydrogen-bond acceptors (Lipinski definition) is 6. The van der Waals surface area contributed by atoms with Gasteiger partial charge in [0.25, 0.3) is 5.56 Å². The molecule has 4 rings (SSSR count). The molecule has 0 amide bonds. The lowest BCUT2D eigenvalue weighted by Crippen LogP contribution is -2.17. The molecule has 4 heterocycles. The summed E-state index contributed by atoms with van der Waals surface area (Å²) in [4.78, 5) is 22.3. The van der Waals surface area contributed by atoms with Gasteiger partial charge in [0, 0.05) is 35.0 Å². The van der Waals surface area contributed by atoms with Crippen LogP contribution in [0.3, 0.4) is 0 Å². The van der Waals surface area contributed by atoms with Crippen LogP contribution in [0, 0.1) is 18.3 Å². The molecular formula is C18H10ClF3N6OS. The standard InChI is InChI=1S/C18H10ClF3N6OS/c1-9-16(11-2-10(5-23)6-24-7-11)28-15(29)3-12(25-17(28)30-9)8-27-14(19)4-13(26-27)18(20,21)22/h2-4,6-7H,8H2,1H3. The Kier molecular flexibility index (Phi) is 4.83. The van der Waals surface area contributed by atoms with Crippen molar-refractivity contribution < 1.29 is 13.2 Å². The maximum absolute atomic E-state index is 12.8. The van der Waals surface area contributed by atoms with Crippen molar-refractivity contribution in [3.8, 4) is 17.3 Å². The van der Waals surface area contributed by atoms with Gasteiger partial charge in [-0.3, -0.25) is 14.2 Å². The SMILES string of the molecule is Cc1sc2nc(Cn3nc(C(F)(F)F)cc3Cl)cc(=O)n2c1-c1cncc(C#N)c1. The number of fused-ring (bicyclic) bond motifs is 1. The van der Waals surface area contributed by atoms with Gasteiger partial charge in [0.1, 0.15) is 11.2 Å². The molecule has 12 heteroatoms. The summed E-state index contributed by atoms with van der Waals surface area (Å²) in [5, 5.41) is 12.3. The Labute approximate surface area is 175 Å². The number of pyridine rings is 1. The summed E-state index contributed by atoms with van der Waals surface area (Å²) in [5.74, 6) is 0. The molecule has 0 N–H and O–H groups in total. The molecule has 30 heavy (non-hydrogen) atoms. The fraction of sp³-hybridized carbons (Fsp3) is 0.167. The predicted octanol–water partition coefficient (Wildman–Crippen LogP) is 3.92. The van der Waals surface area contributed by atoms with Crippen LogP contribution in [-0.2, 0) is 12.7 Å². The molecule has 4 aromatic heterocycles. The Morgan fingerprint density at radius 3 is 2.70 bits per heavy atom. The molecule has 0 saturated carbocycles. The molecule has 0 spiro atoms. The lowest BCUT2D eigenvalue weighted by molar-refractivity contribution is -0.141. The van der Waals surface area contributed by atoms with Crippen molar-refractivity contribution in [2.45, 2.75) is 19.6 Å². The van der Waals surface area contributed by atoms with Gasteiger partial charge in [-0.05, 0) is 13.0 Å². The third kappa shape index (κ3) is 3.55. The number of nitriles is 1. The first kappa shape index (κ1) is 20.1. The van der Waals surface area contributed by atoms with Gasteiger partial charge >= 0.3 is 6.18 Å². The second-order valence-electron chi connectivity index (χ2n) is 6.29. The number of nitrogens with zero attached hydrogens (tertiary/aromatic N) is 6. The molecule has 0 fully saturated rings. The topological polar surface area (TPSA) is 88.9 Å². The minimum Gasteiger partial charge on any atom is -0.269 e. The summed E-state index contributed by atoms with van der Waals surface area (Å²) < 4.78 is 40.8. The van der Waals surface area contributed by atoms with Crippen LogP contribution in [0.15, 0.2) is 35.4 Å². The third-order valence-corrected chi connectivity index (χ3v) is 5.48. The zero-order valence-corrected chi connectivity index (χ0v) is 16.7. The van der Waals surface area contributed by atoms with Crippen LogP contribution in [0.5, 0.6) is 0 Å². The van der Waals surface area contributed by atoms with Crippen molar-refractivity contribution in [2.24, 2.45) is 0 Å². The normalized spacial score (nSPS) is 11.7. The molecule has 0 saturated heterocycles. The van der Waals surface area contributed by atoms with E-state index in [2.05, 4.69) is 15.1 Å². The number of rotatable bonds is 3. The molecule has 0 unspecified atom stereocenters. The Bertz CT molecular complexity index is 1380. The summed E-state index contributed by atoms with van der Waals surface area (Å²) >= 11 is 7.09. The average Bonchev–Trinajstić information content (AvgIpc) is 3.21. The minimum atomic E-state index is -4.63. The summed E-state index contributed by atoms with van der Waals surface area (Å²) in [5.41, 5.74) is 0.160. The highest BCUT2D eigenvalue weighted by Crippen LogP contribution is 2.31. The first-order valence-electron chi connectivity index (χ1n) is 8.35. The maximum atomic E-state index is 12.8. The number of thiazole rings is 1. The number of hydrogen-bond donors (Lipinski definition) is 0. The first-order chi connectivity index (χ1) is 14.2. The van der Waals surface area contributed by atoms with E-state index in [1.807, 2.05) is 6.07 Å². The fourth-order valence-corrected chi connectivity index (χ4v) is 4.18. The number of halogens is 4. The summed E-state index contributed by atoms with van der Waals surface area (Å²) in [6.45, 7) is 1.60. The van der Waals surface area contributed by atoms with Crippen LogP contribution in [0.4, 0.5) is 13.2 Å². The molecule has 0 aliphatic carbocycles. The monoisotopic (exact) mass is 450 g/mol. The van der Waals surface area contributed by atoms with E-state index in [0.29, 0.717) is 21.8 Å². The van der Waals surface area contributed by atoms with Gasteiger partial charge in [-0.2, -0.15) is 23.5 Å². The lowest BCUT2D eigenvalue weighted by atomic mass is 10.1. The van der Waals surface area contributed by atoms with Crippen molar-refractivity contribution in [1.82, 2.24) is 24.1 Å². The summed E-state index contributed by atoms with van der Waals surface area (Å²) in [6.07, 6.45) is -1.68. The van der Waals surface area contributed by atoms with Crippen molar-refractivity contribution in [3.63, 3.8) is 0 Å². The van der Waals surface area contributed by atoms with E-state index in [1.54, 1.807) is 13.0 Å². The Hall–Kier alpha value is -3.23. The average molecular weight is 451 g/mol. The van der Waals surface area contributed by atoms with Crippen molar-refractivity contribution in [3.05, 3.63) is 67.9 Å². The van der Waals surface area contributed by atoms with Crippen LogP contribution in [0.25, 0.3) is 16.2 Å². The molecule has 0 atom stereocenters. The smallest absolute Gasteiger partial charge is 0.269 e. The third-order valence-electron chi connectivity index (χ3n) is 4.22. The molecule has 0 aliphatic heterocycles. The highest BCUT2D eigenvalue weighted by molar-refractivity contribution is 7.17. The van der Waals surface area contributed by atoms with Gasteiger partial charge < -0.3 is 0 Å². The molecule has 0 radical (unpaired) electrons. The van der Waals surface area contributed by atoms with Gasteiger partial charge in [-0.15, -0.1) is 11.3 Å². The number of aryl methyl sites for hydroxylation is 1. The largest absolute Gasteiger partial charge is 0.435 e. The van der Waals surface area contributed by atoms with Gasteiger partial charge in [0.05, 0.1) is 23.5 Å². The quantitative estimate of drug-likeness (QED) is 0.472. The van der Waals surface area contributed by atoms with E-state index in [1.165, 1.54) is 34.2 Å². The molecule has 152 valence electrons. The summed E-state index contributed by atoms with van der Waals surface area (Å²) in [6, 6.07) is 5.55. The summed E-state index contributed by atoms with van der Waals surface area (Å²) in [7, 11) is 0. The molecule has 0 aliphatic rings. The minimum absolute atomic E-state index is 0.196. The highest BCUT2D eigenvalue weighted by Gasteiger charge is 2.34. The van der Waals surface area contributed by atoms with Crippen molar-refractivity contribution >= 4 is 27.9 Å². The van der Waals surface area contributed by atoms with E-state index < -0.39 is 17.4 Å². The van der Waals surface area contributed by atoms with E-state index in [4.69, 9.17) is 16.9 Å². The van der Waals surface area contributed by atoms with E-state index in [9.17, 15) is 18.0 Å². The molecular weight excluding hydrogens is 441 g/mol.